The van der Waals surface area contributed by atoms with Crippen molar-refractivity contribution in [1.29, 1.82) is 0 Å². The quantitative estimate of drug-likeness (QED) is 0.770. The average Bonchev–Trinajstić information content (AvgIpc) is 2.25. The summed E-state index contributed by atoms with van der Waals surface area (Å²) in [6.45, 7) is 4.28. The zero-order valence-electron chi connectivity index (χ0n) is 9.43. The van der Waals surface area contributed by atoms with Gasteiger partial charge in [0, 0.05) is 12.8 Å². The first kappa shape index (κ1) is 11.4. The summed E-state index contributed by atoms with van der Waals surface area (Å²) in [4.78, 5) is 0. The Hall–Kier alpha value is -1.12. The van der Waals surface area contributed by atoms with Crippen molar-refractivity contribution in [2.24, 2.45) is 0 Å². The van der Waals surface area contributed by atoms with E-state index in [1.54, 1.807) is 6.08 Å². The van der Waals surface area contributed by atoms with Crippen LogP contribution in [0.3, 0.4) is 0 Å². The smallest absolute Gasteiger partial charge is 0.0731 e. The predicted octanol–water partition coefficient (Wildman–Crippen LogP) is 2.67. The van der Waals surface area contributed by atoms with Crippen molar-refractivity contribution >= 4 is 0 Å². The largest absolute Gasteiger partial charge is 0.389 e. The van der Waals surface area contributed by atoms with Gasteiger partial charge in [-0.1, -0.05) is 36.4 Å². The molecule has 0 saturated heterocycles. The van der Waals surface area contributed by atoms with Crippen LogP contribution in [0.1, 0.15) is 24.8 Å². The molecule has 0 aromatic heterocycles. The van der Waals surface area contributed by atoms with E-state index >= 15 is 0 Å². The van der Waals surface area contributed by atoms with Crippen molar-refractivity contribution in [3.63, 3.8) is 0 Å². The van der Waals surface area contributed by atoms with E-state index in [0.29, 0.717) is 13.0 Å². The Balaban J connectivity index is 1.72. The van der Waals surface area contributed by atoms with Crippen molar-refractivity contribution in [2.75, 3.05) is 0 Å². The van der Waals surface area contributed by atoms with Gasteiger partial charge in [0.2, 0.25) is 0 Å². The third-order valence-corrected chi connectivity index (χ3v) is 3.07. The van der Waals surface area contributed by atoms with E-state index in [0.717, 1.165) is 12.8 Å². The number of benzene rings is 1. The number of ether oxygens (including phenoxy) is 1. The fourth-order valence-corrected chi connectivity index (χ4v) is 2.13. The Labute approximate surface area is 96.6 Å². The van der Waals surface area contributed by atoms with Gasteiger partial charge in [0.25, 0.3) is 0 Å². The Morgan fingerprint density at radius 3 is 2.69 bits per heavy atom. The molecular formula is C14H18O2. The number of hydrogen-bond acceptors (Lipinski definition) is 2. The molecule has 0 spiro atoms. The lowest BCUT2D eigenvalue weighted by atomic mass is 9.75. The van der Waals surface area contributed by atoms with Crippen molar-refractivity contribution in [3.05, 3.63) is 48.6 Å². The number of aliphatic hydroxyl groups is 1. The lowest BCUT2D eigenvalue weighted by Gasteiger charge is -2.42. The number of rotatable bonds is 5. The summed E-state index contributed by atoms with van der Waals surface area (Å²) in [7, 11) is 0. The van der Waals surface area contributed by atoms with Gasteiger partial charge in [0.05, 0.1) is 18.3 Å². The minimum absolute atomic E-state index is 0.199. The van der Waals surface area contributed by atoms with E-state index in [1.165, 1.54) is 5.56 Å². The maximum absolute atomic E-state index is 9.93. The first-order chi connectivity index (χ1) is 7.72. The lowest BCUT2D eigenvalue weighted by molar-refractivity contribution is -0.142. The van der Waals surface area contributed by atoms with Gasteiger partial charge in [-0.3, -0.25) is 0 Å². The Morgan fingerprint density at radius 1 is 1.38 bits per heavy atom. The molecular weight excluding hydrogens is 200 g/mol. The van der Waals surface area contributed by atoms with Gasteiger partial charge in [-0.15, -0.1) is 6.58 Å². The molecule has 1 fully saturated rings. The standard InChI is InChI=1S/C14H18O2/c1-2-8-14(15)9-13(10-14)16-11-12-6-4-3-5-7-12/h2-7,13,15H,1,8-11H2. The normalized spacial score (nSPS) is 28.4. The monoisotopic (exact) mass is 218 g/mol. The van der Waals surface area contributed by atoms with E-state index in [2.05, 4.69) is 18.7 Å². The van der Waals surface area contributed by atoms with Gasteiger partial charge in [-0.2, -0.15) is 0 Å². The molecule has 1 aliphatic carbocycles. The molecule has 0 atom stereocenters. The van der Waals surface area contributed by atoms with Crippen LogP contribution in [-0.4, -0.2) is 16.8 Å². The van der Waals surface area contributed by atoms with Crippen LogP contribution < -0.4 is 0 Å². The van der Waals surface area contributed by atoms with Crippen LogP contribution in [0.25, 0.3) is 0 Å². The molecule has 2 nitrogen and oxygen atoms in total. The van der Waals surface area contributed by atoms with Crippen molar-refractivity contribution in [3.8, 4) is 0 Å². The highest BCUT2D eigenvalue weighted by Crippen LogP contribution is 2.37. The SMILES string of the molecule is C=CCC1(O)CC(OCc2ccccc2)C1. The summed E-state index contributed by atoms with van der Waals surface area (Å²) >= 11 is 0. The molecule has 2 rings (SSSR count). The second-order valence-electron chi connectivity index (χ2n) is 4.54. The molecule has 1 aliphatic rings. The van der Waals surface area contributed by atoms with Crippen molar-refractivity contribution in [2.45, 2.75) is 37.6 Å². The zero-order chi connectivity index (χ0) is 11.4. The summed E-state index contributed by atoms with van der Waals surface area (Å²) < 4.78 is 5.71. The highest BCUT2D eigenvalue weighted by atomic mass is 16.5. The highest BCUT2D eigenvalue weighted by molar-refractivity contribution is 5.13. The highest BCUT2D eigenvalue weighted by Gasteiger charge is 2.42. The van der Waals surface area contributed by atoms with Gasteiger partial charge >= 0.3 is 0 Å². The average molecular weight is 218 g/mol. The minimum Gasteiger partial charge on any atom is -0.389 e. The molecule has 2 heteroatoms. The third kappa shape index (κ3) is 2.71. The molecule has 0 amide bonds. The van der Waals surface area contributed by atoms with Crippen molar-refractivity contribution in [1.82, 2.24) is 0 Å². The van der Waals surface area contributed by atoms with Crippen LogP contribution in [-0.2, 0) is 11.3 Å². The summed E-state index contributed by atoms with van der Waals surface area (Å²) in [5.74, 6) is 0. The van der Waals surface area contributed by atoms with Crippen molar-refractivity contribution < 1.29 is 9.84 Å². The fraction of sp³-hybridized carbons (Fsp3) is 0.429. The first-order valence-corrected chi connectivity index (χ1v) is 5.71. The van der Waals surface area contributed by atoms with E-state index in [9.17, 15) is 5.11 Å². The summed E-state index contributed by atoms with van der Waals surface area (Å²) in [5.41, 5.74) is 0.630. The van der Waals surface area contributed by atoms with Crippen LogP contribution >= 0.6 is 0 Å². The van der Waals surface area contributed by atoms with Gasteiger partial charge in [-0.05, 0) is 12.0 Å². The molecule has 0 aliphatic heterocycles. The number of hydrogen-bond donors (Lipinski definition) is 1. The summed E-state index contributed by atoms with van der Waals surface area (Å²) in [6.07, 6.45) is 4.09. The van der Waals surface area contributed by atoms with Gasteiger partial charge in [0.15, 0.2) is 0 Å². The van der Waals surface area contributed by atoms with Gasteiger partial charge in [0.1, 0.15) is 0 Å². The second-order valence-corrected chi connectivity index (χ2v) is 4.54. The van der Waals surface area contributed by atoms with E-state index in [1.807, 2.05) is 18.2 Å². The van der Waals surface area contributed by atoms with Gasteiger partial charge in [-0.25, -0.2) is 0 Å². The first-order valence-electron chi connectivity index (χ1n) is 5.71. The van der Waals surface area contributed by atoms with E-state index in [4.69, 9.17) is 4.74 Å². The maximum atomic E-state index is 9.93. The molecule has 1 aromatic rings. The van der Waals surface area contributed by atoms with Crippen LogP contribution in [0.2, 0.25) is 0 Å². The fourth-order valence-electron chi connectivity index (χ4n) is 2.13. The molecule has 0 bridgehead atoms. The minimum atomic E-state index is -0.552. The van der Waals surface area contributed by atoms with Crippen LogP contribution in [0.15, 0.2) is 43.0 Å². The summed E-state index contributed by atoms with van der Waals surface area (Å²) in [6, 6.07) is 10.1. The second kappa shape index (κ2) is 4.81. The van der Waals surface area contributed by atoms with Gasteiger partial charge < -0.3 is 9.84 Å². The molecule has 86 valence electrons. The van der Waals surface area contributed by atoms with Crippen LogP contribution in [0, 0.1) is 0 Å². The van der Waals surface area contributed by atoms with Crippen LogP contribution in [0.5, 0.6) is 0 Å². The maximum Gasteiger partial charge on any atom is 0.0731 e. The Morgan fingerprint density at radius 2 is 2.06 bits per heavy atom. The molecule has 0 heterocycles. The lowest BCUT2D eigenvalue weighted by Crippen LogP contribution is -2.47. The third-order valence-electron chi connectivity index (χ3n) is 3.07. The molecule has 1 aromatic carbocycles. The zero-order valence-corrected chi connectivity index (χ0v) is 9.43. The predicted molar refractivity (Wildman–Crippen MR) is 64.0 cm³/mol. The van der Waals surface area contributed by atoms with E-state index < -0.39 is 5.60 Å². The topological polar surface area (TPSA) is 29.5 Å². The summed E-state index contributed by atoms with van der Waals surface area (Å²) in [5, 5.41) is 9.93. The van der Waals surface area contributed by atoms with Crippen LogP contribution in [0.4, 0.5) is 0 Å². The molecule has 0 radical (unpaired) electrons. The molecule has 0 unspecified atom stereocenters. The molecule has 16 heavy (non-hydrogen) atoms. The molecule has 1 saturated carbocycles. The van der Waals surface area contributed by atoms with E-state index in [-0.39, 0.29) is 6.10 Å². The Bertz CT molecular complexity index is 339. The Kier molecular flexibility index (Phi) is 3.42. The molecule has 1 N–H and O–H groups in total.